The number of hydrogen-bond acceptors (Lipinski definition) is 4. The second kappa shape index (κ2) is 5.85. The normalized spacial score (nSPS) is 10.6. The lowest BCUT2D eigenvalue weighted by Gasteiger charge is -2.10. The molecule has 0 radical (unpaired) electrons. The van der Waals surface area contributed by atoms with Gasteiger partial charge in [0.15, 0.2) is 6.29 Å². The first-order valence-electron chi connectivity index (χ1n) is 6.87. The monoisotopic (exact) mass is 294 g/mol. The van der Waals surface area contributed by atoms with E-state index in [-0.39, 0.29) is 11.0 Å². The summed E-state index contributed by atoms with van der Waals surface area (Å²) in [5, 5.41) is 0.292. The summed E-state index contributed by atoms with van der Waals surface area (Å²) in [4.78, 5) is 23.2. The van der Waals surface area contributed by atoms with Crippen LogP contribution < -0.4 is 10.2 Å². The van der Waals surface area contributed by atoms with E-state index in [1.165, 1.54) is 6.26 Å². The van der Waals surface area contributed by atoms with Crippen molar-refractivity contribution < 1.29 is 13.9 Å². The fraction of sp³-hybridized carbons (Fsp3) is 0.111. The molecule has 4 heteroatoms. The average Bonchev–Trinajstić information content (AvgIpc) is 2.54. The summed E-state index contributed by atoms with van der Waals surface area (Å²) < 4.78 is 11.1. The maximum absolute atomic E-state index is 12.3. The molecular formula is C18H14O4. The molecule has 3 rings (SSSR count). The minimum Gasteiger partial charge on any atom is -0.488 e. The Morgan fingerprint density at radius 1 is 1.14 bits per heavy atom. The Hall–Kier alpha value is -2.88. The van der Waals surface area contributed by atoms with Gasteiger partial charge in [-0.2, -0.15) is 0 Å². The van der Waals surface area contributed by atoms with Crippen molar-refractivity contribution in [2.75, 3.05) is 0 Å². The third-order valence-electron chi connectivity index (χ3n) is 3.56. The Morgan fingerprint density at radius 2 is 1.95 bits per heavy atom. The number of carbonyl (C=O) groups is 1. The average molecular weight is 294 g/mol. The molecule has 0 aliphatic carbocycles. The first-order valence-corrected chi connectivity index (χ1v) is 6.87. The Labute approximate surface area is 127 Å². The van der Waals surface area contributed by atoms with Crippen molar-refractivity contribution in [3.63, 3.8) is 0 Å². The number of fused-ring (bicyclic) bond motifs is 1. The maximum Gasteiger partial charge on any atom is 0.206 e. The second-order valence-electron chi connectivity index (χ2n) is 4.98. The molecule has 22 heavy (non-hydrogen) atoms. The molecule has 0 saturated carbocycles. The molecule has 0 atom stereocenters. The lowest BCUT2D eigenvalue weighted by molar-refractivity contribution is 0.112. The molecular weight excluding hydrogens is 280 g/mol. The van der Waals surface area contributed by atoms with Crippen molar-refractivity contribution >= 4 is 17.3 Å². The van der Waals surface area contributed by atoms with Gasteiger partial charge in [-0.1, -0.05) is 30.3 Å². The molecule has 0 amide bonds. The van der Waals surface area contributed by atoms with E-state index in [0.717, 1.165) is 11.1 Å². The van der Waals surface area contributed by atoms with Crippen LogP contribution in [0.3, 0.4) is 0 Å². The van der Waals surface area contributed by atoms with Gasteiger partial charge in [0, 0.05) is 0 Å². The predicted octanol–water partition coefficient (Wildman–Crippen LogP) is 3.49. The Kier molecular flexibility index (Phi) is 3.74. The van der Waals surface area contributed by atoms with Crippen LogP contribution in [-0.2, 0) is 6.61 Å². The standard InChI is InChI=1S/C18H14O4/c1-12-5-2-3-6-13(12)10-21-15-7-4-8-16-17(15)18(20)14(9-19)11-22-16/h2-9,11H,10H2,1H3. The van der Waals surface area contributed by atoms with Crippen LogP contribution in [0.4, 0.5) is 0 Å². The zero-order valence-corrected chi connectivity index (χ0v) is 12.0. The lowest BCUT2D eigenvalue weighted by atomic mass is 10.1. The van der Waals surface area contributed by atoms with Gasteiger partial charge in [0.1, 0.15) is 29.6 Å². The van der Waals surface area contributed by atoms with E-state index >= 15 is 0 Å². The van der Waals surface area contributed by atoms with Gasteiger partial charge in [0.05, 0.1) is 5.56 Å². The molecule has 0 saturated heterocycles. The smallest absolute Gasteiger partial charge is 0.206 e. The first-order chi connectivity index (χ1) is 10.7. The van der Waals surface area contributed by atoms with E-state index in [0.29, 0.717) is 29.6 Å². The molecule has 110 valence electrons. The summed E-state index contributed by atoms with van der Waals surface area (Å²) in [5.41, 5.74) is 2.16. The maximum atomic E-state index is 12.3. The summed E-state index contributed by atoms with van der Waals surface area (Å²) >= 11 is 0. The van der Waals surface area contributed by atoms with Gasteiger partial charge in [-0.3, -0.25) is 9.59 Å². The second-order valence-corrected chi connectivity index (χ2v) is 4.98. The van der Waals surface area contributed by atoms with Crippen molar-refractivity contribution in [2.24, 2.45) is 0 Å². The van der Waals surface area contributed by atoms with Gasteiger partial charge in [-0.05, 0) is 30.2 Å². The lowest BCUT2D eigenvalue weighted by Crippen LogP contribution is -2.09. The summed E-state index contributed by atoms with van der Waals surface area (Å²) in [5.74, 6) is 0.415. The highest BCUT2D eigenvalue weighted by molar-refractivity contribution is 5.88. The molecule has 0 fully saturated rings. The Balaban J connectivity index is 2.02. The molecule has 3 aromatic rings. The number of carbonyl (C=O) groups excluding carboxylic acids is 1. The molecule has 0 aliphatic heterocycles. The van der Waals surface area contributed by atoms with E-state index < -0.39 is 0 Å². The fourth-order valence-corrected chi connectivity index (χ4v) is 2.29. The van der Waals surface area contributed by atoms with Crippen LogP contribution in [0.2, 0.25) is 0 Å². The zero-order chi connectivity index (χ0) is 15.5. The van der Waals surface area contributed by atoms with Crippen LogP contribution in [0.5, 0.6) is 5.75 Å². The summed E-state index contributed by atoms with van der Waals surface area (Å²) in [6.45, 7) is 2.34. The van der Waals surface area contributed by atoms with E-state index in [9.17, 15) is 9.59 Å². The Bertz CT molecular complexity index is 893. The van der Waals surface area contributed by atoms with Gasteiger partial charge < -0.3 is 9.15 Å². The van der Waals surface area contributed by atoms with E-state index in [1.807, 2.05) is 31.2 Å². The van der Waals surface area contributed by atoms with E-state index in [2.05, 4.69) is 0 Å². The fourth-order valence-electron chi connectivity index (χ4n) is 2.29. The minimum atomic E-state index is -0.378. The highest BCUT2D eigenvalue weighted by Crippen LogP contribution is 2.24. The molecule has 0 bridgehead atoms. The molecule has 1 aromatic heterocycles. The van der Waals surface area contributed by atoms with Crippen LogP contribution >= 0.6 is 0 Å². The molecule has 0 spiro atoms. The summed E-state index contributed by atoms with van der Waals surface area (Å²) in [6.07, 6.45) is 1.66. The summed E-state index contributed by atoms with van der Waals surface area (Å²) in [6, 6.07) is 13.0. The van der Waals surface area contributed by atoms with E-state index in [4.69, 9.17) is 9.15 Å². The number of benzene rings is 2. The minimum absolute atomic E-state index is 0.0144. The first kappa shape index (κ1) is 14.1. The van der Waals surface area contributed by atoms with Crippen molar-refractivity contribution in [1.29, 1.82) is 0 Å². The molecule has 2 aromatic carbocycles. The molecule has 0 unspecified atom stereocenters. The van der Waals surface area contributed by atoms with Crippen molar-refractivity contribution in [1.82, 2.24) is 0 Å². The van der Waals surface area contributed by atoms with E-state index in [1.54, 1.807) is 18.2 Å². The van der Waals surface area contributed by atoms with Crippen molar-refractivity contribution in [3.05, 3.63) is 75.6 Å². The van der Waals surface area contributed by atoms with Crippen molar-refractivity contribution in [2.45, 2.75) is 13.5 Å². The van der Waals surface area contributed by atoms with Crippen LogP contribution in [0, 0.1) is 6.92 Å². The topological polar surface area (TPSA) is 56.5 Å². The molecule has 1 heterocycles. The van der Waals surface area contributed by atoms with Gasteiger partial charge >= 0.3 is 0 Å². The van der Waals surface area contributed by atoms with Crippen LogP contribution in [0.25, 0.3) is 11.0 Å². The van der Waals surface area contributed by atoms with Gasteiger partial charge in [-0.25, -0.2) is 0 Å². The van der Waals surface area contributed by atoms with Crippen molar-refractivity contribution in [3.8, 4) is 5.75 Å². The quantitative estimate of drug-likeness (QED) is 0.691. The van der Waals surface area contributed by atoms with Crippen LogP contribution in [0.1, 0.15) is 21.5 Å². The van der Waals surface area contributed by atoms with Crippen LogP contribution in [0.15, 0.2) is 57.9 Å². The molecule has 4 nitrogen and oxygen atoms in total. The SMILES string of the molecule is Cc1ccccc1COc1cccc2occ(C=O)c(=O)c12. The third-order valence-corrected chi connectivity index (χ3v) is 3.56. The molecule has 0 N–H and O–H groups in total. The van der Waals surface area contributed by atoms with Gasteiger partial charge in [0.25, 0.3) is 0 Å². The van der Waals surface area contributed by atoms with Gasteiger partial charge in [0.2, 0.25) is 5.43 Å². The largest absolute Gasteiger partial charge is 0.488 e. The zero-order valence-electron chi connectivity index (χ0n) is 12.0. The summed E-state index contributed by atoms with van der Waals surface area (Å²) in [7, 11) is 0. The number of ether oxygens (including phenoxy) is 1. The number of aldehydes is 1. The highest BCUT2D eigenvalue weighted by Gasteiger charge is 2.12. The highest BCUT2D eigenvalue weighted by atomic mass is 16.5. The predicted molar refractivity (Wildman–Crippen MR) is 83.4 cm³/mol. The van der Waals surface area contributed by atoms with Crippen LogP contribution in [-0.4, -0.2) is 6.29 Å². The number of rotatable bonds is 4. The third kappa shape index (κ3) is 2.51. The molecule has 0 aliphatic rings. The number of hydrogen-bond donors (Lipinski definition) is 0. The number of aryl methyl sites for hydroxylation is 1. The van der Waals surface area contributed by atoms with Gasteiger partial charge in [-0.15, -0.1) is 0 Å². The Morgan fingerprint density at radius 3 is 2.73 bits per heavy atom.